The van der Waals surface area contributed by atoms with Crippen molar-refractivity contribution in [3.63, 3.8) is 0 Å². The number of aryl methyl sites for hydroxylation is 1. The summed E-state index contributed by atoms with van der Waals surface area (Å²) in [6.07, 6.45) is 3.89. The first-order chi connectivity index (χ1) is 9.60. The summed E-state index contributed by atoms with van der Waals surface area (Å²) in [5, 5.41) is 3.41. The van der Waals surface area contributed by atoms with Gasteiger partial charge in [0.25, 0.3) is 0 Å². The third-order valence-corrected chi connectivity index (χ3v) is 3.85. The molecule has 1 rings (SSSR count). The molecule has 0 aromatic heterocycles. The first-order valence-electron chi connectivity index (χ1n) is 8.17. The monoisotopic (exact) mass is 276 g/mol. The Bertz CT molecular complexity index is 385. The van der Waals surface area contributed by atoms with E-state index in [1.165, 1.54) is 36.1 Å². The first kappa shape index (κ1) is 17.0. The molecule has 0 radical (unpaired) electrons. The van der Waals surface area contributed by atoms with Gasteiger partial charge in [0, 0.05) is 24.8 Å². The van der Waals surface area contributed by atoms with Crippen molar-refractivity contribution in [3.8, 4) is 0 Å². The maximum atomic E-state index is 3.41. The Kier molecular flexibility index (Phi) is 7.68. The van der Waals surface area contributed by atoms with Crippen molar-refractivity contribution < 1.29 is 0 Å². The van der Waals surface area contributed by atoms with Gasteiger partial charge in [-0.2, -0.15) is 0 Å². The van der Waals surface area contributed by atoms with Crippen LogP contribution in [0.5, 0.6) is 0 Å². The van der Waals surface area contributed by atoms with E-state index in [4.69, 9.17) is 0 Å². The minimum Gasteiger partial charge on any atom is -0.369 e. The van der Waals surface area contributed by atoms with Crippen molar-refractivity contribution in [3.05, 3.63) is 29.3 Å². The zero-order valence-electron chi connectivity index (χ0n) is 14.0. The first-order valence-corrected chi connectivity index (χ1v) is 8.17. The van der Waals surface area contributed by atoms with Crippen LogP contribution in [-0.4, -0.2) is 19.1 Å². The lowest BCUT2D eigenvalue weighted by molar-refractivity contribution is 0.625. The van der Waals surface area contributed by atoms with Crippen LogP contribution in [-0.2, 0) is 6.54 Å². The molecule has 0 amide bonds. The Morgan fingerprint density at radius 3 is 2.45 bits per heavy atom. The van der Waals surface area contributed by atoms with E-state index in [2.05, 4.69) is 63.0 Å². The van der Waals surface area contributed by atoms with Crippen LogP contribution in [0, 0.1) is 6.92 Å². The van der Waals surface area contributed by atoms with Gasteiger partial charge in [0.05, 0.1) is 0 Å². The van der Waals surface area contributed by atoms with Crippen LogP contribution in [0.3, 0.4) is 0 Å². The smallest absolute Gasteiger partial charge is 0.0371 e. The molecule has 0 aliphatic heterocycles. The predicted molar refractivity (Wildman–Crippen MR) is 90.6 cm³/mol. The number of hydrogen-bond donors (Lipinski definition) is 1. The Hall–Kier alpha value is -1.02. The summed E-state index contributed by atoms with van der Waals surface area (Å²) in [5.74, 6) is 0. The van der Waals surface area contributed by atoms with Crippen molar-refractivity contribution in [2.24, 2.45) is 0 Å². The molecule has 0 unspecified atom stereocenters. The van der Waals surface area contributed by atoms with Crippen LogP contribution in [0.4, 0.5) is 5.69 Å². The van der Waals surface area contributed by atoms with E-state index in [9.17, 15) is 0 Å². The normalized spacial score (nSPS) is 11.1. The van der Waals surface area contributed by atoms with E-state index in [0.29, 0.717) is 6.04 Å². The zero-order valence-corrected chi connectivity index (χ0v) is 14.0. The molecule has 2 nitrogen and oxygen atoms in total. The molecule has 0 saturated heterocycles. The standard InChI is InChI=1S/C18H32N2/c1-6-8-9-12-20(15(3)4)18-11-10-17(14-19-7-2)16(5)13-18/h10-11,13,15,19H,6-9,12,14H2,1-5H3. The summed E-state index contributed by atoms with van der Waals surface area (Å²) >= 11 is 0. The summed E-state index contributed by atoms with van der Waals surface area (Å²) in [6, 6.07) is 7.47. The minimum absolute atomic E-state index is 0.561. The fraction of sp³-hybridized carbons (Fsp3) is 0.667. The van der Waals surface area contributed by atoms with Crippen molar-refractivity contribution >= 4 is 5.69 Å². The number of benzene rings is 1. The highest BCUT2D eigenvalue weighted by Gasteiger charge is 2.11. The second kappa shape index (κ2) is 9.02. The largest absolute Gasteiger partial charge is 0.369 e. The quantitative estimate of drug-likeness (QED) is 0.668. The molecule has 0 spiro atoms. The predicted octanol–water partition coefficient (Wildman–Crippen LogP) is 4.51. The van der Waals surface area contributed by atoms with E-state index in [1.807, 2.05) is 0 Å². The van der Waals surface area contributed by atoms with E-state index in [0.717, 1.165) is 19.6 Å². The average molecular weight is 276 g/mol. The zero-order chi connectivity index (χ0) is 15.0. The molecule has 2 heteroatoms. The maximum Gasteiger partial charge on any atom is 0.0371 e. The molecule has 1 N–H and O–H groups in total. The number of nitrogens with zero attached hydrogens (tertiary/aromatic N) is 1. The molecule has 0 aliphatic carbocycles. The third kappa shape index (κ3) is 5.16. The van der Waals surface area contributed by atoms with Gasteiger partial charge >= 0.3 is 0 Å². The minimum atomic E-state index is 0.561. The van der Waals surface area contributed by atoms with Gasteiger partial charge in [0.1, 0.15) is 0 Å². The highest BCUT2D eigenvalue weighted by Crippen LogP contribution is 2.22. The lowest BCUT2D eigenvalue weighted by Gasteiger charge is -2.30. The number of nitrogens with one attached hydrogen (secondary N) is 1. The summed E-state index contributed by atoms with van der Waals surface area (Å²) in [7, 11) is 0. The lowest BCUT2D eigenvalue weighted by Crippen LogP contribution is -2.31. The molecule has 0 fully saturated rings. The van der Waals surface area contributed by atoms with Crippen LogP contribution in [0.15, 0.2) is 18.2 Å². The average Bonchev–Trinajstić information content (AvgIpc) is 2.42. The van der Waals surface area contributed by atoms with Crippen molar-refractivity contribution in [2.75, 3.05) is 18.0 Å². The fourth-order valence-electron chi connectivity index (χ4n) is 2.53. The number of unbranched alkanes of at least 4 members (excludes halogenated alkanes) is 2. The summed E-state index contributed by atoms with van der Waals surface area (Å²) in [4.78, 5) is 2.53. The number of hydrogen-bond acceptors (Lipinski definition) is 2. The van der Waals surface area contributed by atoms with Crippen LogP contribution in [0.1, 0.15) is 58.1 Å². The topological polar surface area (TPSA) is 15.3 Å². The fourth-order valence-corrected chi connectivity index (χ4v) is 2.53. The SMILES string of the molecule is CCCCCN(c1ccc(CNCC)c(C)c1)C(C)C. The highest BCUT2D eigenvalue weighted by atomic mass is 15.1. The Morgan fingerprint density at radius 1 is 1.15 bits per heavy atom. The van der Waals surface area contributed by atoms with E-state index in [-0.39, 0.29) is 0 Å². The highest BCUT2D eigenvalue weighted by molar-refractivity contribution is 5.51. The summed E-state index contributed by atoms with van der Waals surface area (Å²) in [6.45, 7) is 14.4. The molecule has 114 valence electrons. The van der Waals surface area contributed by atoms with Gasteiger partial charge in [-0.15, -0.1) is 0 Å². The number of rotatable bonds is 9. The molecule has 1 aromatic carbocycles. The van der Waals surface area contributed by atoms with Crippen LogP contribution in [0.2, 0.25) is 0 Å². The summed E-state index contributed by atoms with van der Waals surface area (Å²) < 4.78 is 0. The molecule has 0 saturated carbocycles. The maximum absolute atomic E-state index is 3.41. The van der Waals surface area contributed by atoms with Gasteiger partial charge in [-0.1, -0.05) is 32.8 Å². The van der Waals surface area contributed by atoms with E-state index >= 15 is 0 Å². The van der Waals surface area contributed by atoms with Gasteiger partial charge in [-0.3, -0.25) is 0 Å². The van der Waals surface area contributed by atoms with Crippen molar-refractivity contribution in [2.45, 2.75) is 66.5 Å². The van der Waals surface area contributed by atoms with E-state index in [1.54, 1.807) is 0 Å². The molecule has 0 bridgehead atoms. The second-order valence-corrected chi connectivity index (χ2v) is 5.89. The molecule has 1 aromatic rings. The lowest BCUT2D eigenvalue weighted by atomic mass is 10.1. The van der Waals surface area contributed by atoms with Crippen molar-refractivity contribution in [1.29, 1.82) is 0 Å². The van der Waals surface area contributed by atoms with Crippen LogP contribution < -0.4 is 10.2 Å². The van der Waals surface area contributed by atoms with Crippen molar-refractivity contribution in [1.82, 2.24) is 5.32 Å². The Labute approximate surface area is 125 Å². The van der Waals surface area contributed by atoms with Gasteiger partial charge in [-0.25, -0.2) is 0 Å². The number of anilines is 1. The Morgan fingerprint density at radius 2 is 1.90 bits per heavy atom. The van der Waals surface area contributed by atoms with E-state index < -0.39 is 0 Å². The van der Waals surface area contributed by atoms with Gasteiger partial charge < -0.3 is 10.2 Å². The van der Waals surface area contributed by atoms with Gasteiger partial charge in [0.2, 0.25) is 0 Å². The van der Waals surface area contributed by atoms with Crippen LogP contribution >= 0.6 is 0 Å². The molecule has 0 heterocycles. The molecule has 20 heavy (non-hydrogen) atoms. The van der Waals surface area contributed by atoms with Crippen LogP contribution in [0.25, 0.3) is 0 Å². The van der Waals surface area contributed by atoms with Gasteiger partial charge in [-0.05, 0) is 57.0 Å². The third-order valence-electron chi connectivity index (χ3n) is 3.85. The molecular weight excluding hydrogens is 244 g/mol. The molecular formula is C18H32N2. The second-order valence-electron chi connectivity index (χ2n) is 5.89. The molecule has 0 atom stereocenters. The summed E-state index contributed by atoms with van der Waals surface area (Å²) in [5.41, 5.74) is 4.17. The Balaban J connectivity index is 2.78. The van der Waals surface area contributed by atoms with Gasteiger partial charge in [0.15, 0.2) is 0 Å². The molecule has 0 aliphatic rings.